The number of esters is 1. The maximum Gasteiger partial charge on any atom is 0.330 e. The minimum Gasteiger partial charge on any atom is -0.454 e. The molecule has 140 valence electrons. The number of carbonyl (C=O) groups excluding carboxylic acids is 3. The predicted molar refractivity (Wildman–Crippen MR) is 100.0 cm³/mol. The van der Waals surface area contributed by atoms with Gasteiger partial charge in [0.05, 0.1) is 4.87 Å². The smallest absolute Gasteiger partial charge is 0.330 e. The van der Waals surface area contributed by atoms with E-state index in [-0.39, 0.29) is 17.3 Å². The molecule has 1 aromatic rings. The van der Waals surface area contributed by atoms with Crippen LogP contribution in [0.2, 0.25) is 10.0 Å². The molecule has 1 aromatic carbocycles. The third kappa shape index (κ3) is 3.94. The van der Waals surface area contributed by atoms with Gasteiger partial charge in [0.1, 0.15) is 6.04 Å². The quantitative estimate of drug-likeness (QED) is 0.746. The van der Waals surface area contributed by atoms with Gasteiger partial charge in [0.2, 0.25) is 5.91 Å². The topological polar surface area (TPSA) is 75.7 Å². The summed E-state index contributed by atoms with van der Waals surface area (Å²) in [6, 6.07) is 4.36. The largest absolute Gasteiger partial charge is 0.454 e. The SMILES string of the molecule is C[C@]12CCC(=O)N1[C@@H](C(=O)OCC(=O)NCc1ccc(Cl)cc1Cl)CS2. The summed E-state index contributed by atoms with van der Waals surface area (Å²) >= 11 is 13.4. The van der Waals surface area contributed by atoms with E-state index in [1.54, 1.807) is 34.9 Å². The number of amides is 2. The zero-order chi connectivity index (χ0) is 18.9. The average molecular weight is 417 g/mol. The van der Waals surface area contributed by atoms with Gasteiger partial charge in [-0.2, -0.15) is 0 Å². The van der Waals surface area contributed by atoms with Gasteiger partial charge in [-0.3, -0.25) is 9.59 Å². The molecule has 2 aliphatic rings. The van der Waals surface area contributed by atoms with Crippen molar-refractivity contribution in [2.75, 3.05) is 12.4 Å². The first-order valence-corrected chi connectivity index (χ1v) is 9.88. The Hall–Kier alpha value is -1.44. The second kappa shape index (κ2) is 7.66. The molecule has 2 heterocycles. The highest BCUT2D eigenvalue weighted by atomic mass is 35.5. The molecule has 1 N–H and O–H groups in total. The summed E-state index contributed by atoms with van der Waals surface area (Å²) in [5.74, 6) is -0.536. The lowest BCUT2D eigenvalue weighted by Gasteiger charge is -2.29. The molecule has 2 fully saturated rings. The highest BCUT2D eigenvalue weighted by molar-refractivity contribution is 8.01. The van der Waals surface area contributed by atoms with E-state index in [1.807, 2.05) is 6.92 Å². The van der Waals surface area contributed by atoms with Crippen molar-refractivity contribution in [3.63, 3.8) is 0 Å². The van der Waals surface area contributed by atoms with Crippen LogP contribution in [0.5, 0.6) is 0 Å². The summed E-state index contributed by atoms with van der Waals surface area (Å²) in [6.45, 7) is 1.76. The lowest BCUT2D eigenvalue weighted by Crippen LogP contribution is -2.47. The first-order chi connectivity index (χ1) is 12.3. The van der Waals surface area contributed by atoms with E-state index < -0.39 is 24.5 Å². The summed E-state index contributed by atoms with van der Waals surface area (Å²) in [5.41, 5.74) is 0.710. The summed E-state index contributed by atoms with van der Waals surface area (Å²) in [5, 5.41) is 3.60. The fourth-order valence-electron chi connectivity index (χ4n) is 3.14. The van der Waals surface area contributed by atoms with Gasteiger partial charge < -0.3 is 15.0 Å². The van der Waals surface area contributed by atoms with E-state index in [4.69, 9.17) is 27.9 Å². The Balaban J connectivity index is 1.48. The van der Waals surface area contributed by atoms with Gasteiger partial charge in [0.25, 0.3) is 5.91 Å². The monoisotopic (exact) mass is 416 g/mol. The molecule has 2 atom stereocenters. The first kappa shape index (κ1) is 19.3. The number of thioether (sulfide) groups is 1. The van der Waals surface area contributed by atoms with Crippen molar-refractivity contribution in [3.8, 4) is 0 Å². The molecule has 3 rings (SSSR count). The fourth-order valence-corrected chi connectivity index (χ4v) is 5.03. The van der Waals surface area contributed by atoms with Gasteiger partial charge in [-0.1, -0.05) is 29.3 Å². The molecular weight excluding hydrogens is 399 g/mol. The second-order valence-corrected chi connectivity index (χ2v) is 8.73. The Morgan fingerprint density at radius 3 is 2.92 bits per heavy atom. The molecule has 0 saturated carbocycles. The normalized spacial score (nSPS) is 24.5. The van der Waals surface area contributed by atoms with Gasteiger partial charge in [-0.25, -0.2) is 4.79 Å². The van der Waals surface area contributed by atoms with Crippen molar-refractivity contribution in [1.29, 1.82) is 0 Å². The Morgan fingerprint density at radius 1 is 1.42 bits per heavy atom. The summed E-state index contributed by atoms with van der Waals surface area (Å²) in [7, 11) is 0. The van der Waals surface area contributed by atoms with Crippen LogP contribution in [0.1, 0.15) is 25.3 Å². The van der Waals surface area contributed by atoms with Gasteiger partial charge in [0, 0.05) is 28.8 Å². The maximum atomic E-state index is 12.3. The van der Waals surface area contributed by atoms with Crippen molar-refractivity contribution in [3.05, 3.63) is 33.8 Å². The minimum atomic E-state index is -0.626. The van der Waals surface area contributed by atoms with Crippen LogP contribution in [0.15, 0.2) is 18.2 Å². The molecule has 0 radical (unpaired) electrons. The third-order valence-corrected chi connectivity index (χ3v) is 6.65. The highest BCUT2D eigenvalue weighted by Crippen LogP contribution is 2.47. The van der Waals surface area contributed by atoms with E-state index in [0.29, 0.717) is 27.8 Å². The molecule has 6 nitrogen and oxygen atoms in total. The molecule has 0 unspecified atom stereocenters. The molecule has 0 bridgehead atoms. The molecule has 9 heteroatoms. The van der Waals surface area contributed by atoms with Crippen LogP contribution in [0.25, 0.3) is 0 Å². The molecule has 26 heavy (non-hydrogen) atoms. The van der Waals surface area contributed by atoms with E-state index in [2.05, 4.69) is 5.32 Å². The number of hydrogen-bond acceptors (Lipinski definition) is 5. The van der Waals surface area contributed by atoms with Crippen LogP contribution in [0, 0.1) is 0 Å². The Morgan fingerprint density at radius 2 is 2.19 bits per heavy atom. The van der Waals surface area contributed by atoms with Gasteiger partial charge in [-0.15, -0.1) is 11.8 Å². The minimum absolute atomic E-state index is 0.0405. The van der Waals surface area contributed by atoms with E-state index >= 15 is 0 Å². The van der Waals surface area contributed by atoms with Crippen LogP contribution in [-0.2, 0) is 25.7 Å². The average Bonchev–Trinajstić information content (AvgIpc) is 3.08. The maximum absolute atomic E-state index is 12.3. The van der Waals surface area contributed by atoms with Crippen molar-refractivity contribution in [2.24, 2.45) is 0 Å². The second-order valence-electron chi connectivity index (χ2n) is 6.39. The molecule has 0 aromatic heterocycles. The van der Waals surface area contributed by atoms with Crippen molar-refractivity contribution >= 4 is 52.7 Å². The van der Waals surface area contributed by atoms with Gasteiger partial charge >= 0.3 is 5.97 Å². The van der Waals surface area contributed by atoms with Crippen LogP contribution >= 0.6 is 35.0 Å². The van der Waals surface area contributed by atoms with Crippen molar-refractivity contribution < 1.29 is 19.1 Å². The first-order valence-electron chi connectivity index (χ1n) is 8.13. The van der Waals surface area contributed by atoms with Crippen LogP contribution in [0.4, 0.5) is 0 Å². The number of fused-ring (bicyclic) bond motifs is 1. The third-order valence-electron chi connectivity index (χ3n) is 4.55. The van der Waals surface area contributed by atoms with E-state index in [9.17, 15) is 14.4 Å². The lowest BCUT2D eigenvalue weighted by molar-refractivity contribution is -0.156. The van der Waals surface area contributed by atoms with E-state index in [1.165, 1.54) is 0 Å². The van der Waals surface area contributed by atoms with Gasteiger partial charge in [0.15, 0.2) is 6.61 Å². The molecule has 0 aliphatic carbocycles. The zero-order valence-corrected chi connectivity index (χ0v) is 16.4. The highest BCUT2D eigenvalue weighted by Gasteiger charge is 2.53. The molecule has 2 saturated heterocycles. The van der Waals surface area contributed by atoms with Crippen LogP contribution in [0.3, 0.4) is 0 Å². The summed E-state index contributed by atoms with van der Waals surface area (Å²) in [6.07, 6.45) is 1.16. The summed E-state index contributed by atoms with van der Waals surface area (Å²) in [4.78, 5) is 37.5. The number of ether oxygens (including phenoxy) is 1. The molecule has 2 aliphatic heterocycles. The number of hydrogen-bond donors (Lipinski definition) is 1. The zero-order valence-electron chi connectivity index (χ0n) is 14.1. The number of halogens is 2. The Bertz CT molecular complexity index is 760. The Labute approximate surface area is 165 Å². The van der Waals surface area contributed by atoms with Crippen LogP contribution in [-0.4, -0.2) is 46.0 Å². The standard InChI is InChI=1S/C17H18Cl2N2O4S/c1-17-5-4-15(23)21(17)13(9-26-17)16(24)25-8-14(22)20-7-10-2-3-11(18)6-12(10)19/h2-3,6,13H,4-5,7-9H2,1H3,(H,20,22)/t13-,17+/m1/s1. The fraction of sp³-hybridized carbons (Fsp3) is 0.471. The van der Waals surface area contributed by atoms with Crippen molar-refractivity contribution in [2.45, 2.75) is 37.2 Å². The molecule has 0 spiro atoms. The lowest BCUT2D eigenvalue weighted by atomic mass is 10.2. The van der Waals surface area contributed by atoms with Crippen molar-refractivity contribution in [1.82, 2.24) is 10.2 Å². The van der Waals surface area contributed by atoms with E-state index in [0.717, 1.165) is 6.42 Å². The number of nitrogens with zero attached hydrogens (tertiary/aromatic N) is 1. The molecular formula is C17H18Cl2N2O4S. The number of carbonyl (C=O) groups is 3. The van der Waals surface area contributed by atoms with Crippen LogP contribution < -0.4 is 5.32 Å². The predicted octanol–water partition coefficient (Wildman–Crippen LogP) is 2.61. The number of rotatable bonds is 5. The number of nitrogens with one attached hydrogen (secondary N) is 1. The Kier molecular flexibility index (Phi) is 5.69. The van der Waals surface area contributed by atoms with Gasteiger partial charge in [-0.05, 0) is 31.0 Å². The summed E-state index contributed by atoms with van der Waals surface area (Å²) < 4.78 is 5.11. The number of benzene rings is 1. The molecule has 2 amide bonds.